The van der Waals surface area contributed by atoms with E-state index in [0.717, 1.165) is 0 Å². The van der Waals surface area contributed by atoms with E-state index in [2.05, 4.69) is 17.9 Å². The summed E-state index contributed by atoms with van der Waals surface area (Å²) in [5, 5.41) is 10.8. The number of amides is 1. The maximum atomic E-state index is 10.5. The second-order valence-corrected chi connectivity index (χ2v) is 2.96. The summed E-state index contributed by atoms with van der Waals surface area (Å²) in [5.41, 5.74) is 0. The molecule has 2 N–H and O–H groups in total. The van der Waals surface area contributed by atoms with Crippen molar-refractivity contribution in [2.75, 3.05) is 0 Å². The van der Waals surface area contributed by atoms with Gasteiger partial charge in [-0.3, -0.25) is 4.79 Å². The Kier molecular flexibility index (Phi) is 3.38. The highest BCUT2D eigenvalue weighted by Gasteiger charge is 2.32. The number of nitrogens with one attached hydrogen (secondary N) is 1. The molecule has 0 saturated heterocycles. The molecule has 1 unspecified atom stereocenters. The van der Waals surface area contributed by atoms with Crippen LogP contribution in [-0.4, -0.2) is 21.9 Å². The molecule has 0 aromatic rings. The summed E-state index contributed by atoms with van der Waals surface area (Å²) in [7, 11) is 0. The molecule has 11 heavy (non-hydrogen) atoms. The van der Waals surface area contributed by atoms with E-state index in [0.29, 0.717) is 0 Å². The summed E-state index contributed by atoms with van der Waals surface area (Å²) in [6, 6.07) is 0. The third-order valence-corrected chi connectivity index (χ3v) is 1.87. The van der Waals surface area contributed by atoms with E-state index in [4.69, 9.17) is 5.11 Å². The van der Waals surface area contributed by atoms with Crippen molar-refractivity contribution in [1.29, 1.82) is 0 Å². The molecule has 0 aliphatic heterocycles. The lowest BCUT2D eigenvalue weighted by Crippen LogP contribution is -2.48. The summed E-state index contributed by atoms with van der Waals surface area (Å²) in [4.78, 5) is 19.6. The zero-order valence-corrected chi connectivity index (χ0v) is 7.31. The minimum absolute atomic E-state index is 0.241. The van der Waals surface area contributed by atoms with Gasteiger partial charge >= 0.3 is 5.97 Å². The van der Waals surface area contributed by atoms with Crippen LogP contribution in [0, 0.1) is 0 Å². The second-order valence-electron chi connectivity index (χ2n) is 2.20. The van der Waals surface area contributed by atoms with E-state index in [9.17, 15) is 9.59 Å². The molecule has 0 fully saturated rings. The topological polar surface area (TPSA) is 66.4 Å². The van der Waals surface area contributed by atoms with Crippen molar-refractivity contribution in [2.24, 2.45) is 0 Å². The van der Waals surface area contributed by atoms with Crippen LogP contribution in [0.2, 0.25) is 0 Å². The molecule has 0 saturated carbocycles. The van der Waals surface area contributed by atoms with E-state index in [1.165, 1.54) is 6.92 Å². The summed E-state index contributed by atoms with van der Waals surface area (Å²) in [6.45, 7) is 2.89. The van der Waals surface area contributed by atoms with Crippen molar-refractivity contribution in [1.82, 2.24) is 5.32 Å². The van der Waals surface area contributed by atoms with Gasteiger partial charge in [0.2, 0.25) is 5.91 Å². The summed E-state index contributed by atoms with van der Waals surface area (Å²) >= 11 is 3.82. The highest BCUT2D eigenvalue weighted by atomic mass is 32.1. The molecule has 0 spiro atoms. The van der Waals surface area contributed by atoms with Crippen LogP contribution in [-0.2, 0) is 9.59 Å². The maximum Gasteiger partial charge on any atom is 0.339 e. The first-order valence-electron chi connectivity index (χ1n) is 3.17. The zero-order chi connectivity index (χ0) is 9.07. The zero-order valence-electron chi connectivity index (χ0n) is 6.42. The van der Waals surface area contributed by atoms with Gasteiger partial charge < -0.3 is 10.4 Å². The van der Waals surface area contributed by atoms with Crippen molar-refractivity contribution in [3.63, 3.8) is 0 Å². The summed E-state index contributed by atoms with van der Waals surface area (Å²) in [5.74, 6) is -1.54. The fraction of sp³-hybridized carbons (Fsp3) is 0.667. The third-order valence-electron chi connectivity index (χ3n) is 1.25. The first-order chi connectivity index (χ1) is 4.92. The van der Waals surface area contributed by atoms with E-state index < -0.39 is 16.7 Å². The van der Waals surface area contributed by atoms with Crippen molar-refractivity contribution in [2.45, 2.75) is 25.1 Å². The SMILES string of the molecule is CCC(S)(NC(C)=O)C(=O)O. The number of carboxylic acid groups (broad SMARTS) is 1. The van der Waals surface area contributed by atoms with Gasteiger partial charge in [0.1, 0.15) is 0 Å². The van der Waals surface area contributed by atoms with Crippen molar-refractivity contribution in [3.8, 4) is 0 Å². The minimum Gasteiger partial charge on any atom is -0.479 e. The van der Waals surface area contributed by atoms with Crippen LogP contribution < -0.4 is 5.32 Å². The number of carbonyl (C=O) groups excluding carboxylic acids is 1. The number of carbonyl (C=O) groups is 2. The Morgan fingerprint density at radius 3 is 2.18 bits per heavy atom. The molecule has 1 amide bonds. The average Bonchev–Trinajstić information content (AvgIpc) is 1.86. The lowest BCUT2D eigenvalue weighted by Gasteiger charge is -2.22. The van der Waals surface area contributed by atoms with E-state index in [1.54, 1.807) is 6.92 Å². The van der Waals surface area contributed by atoms with Crippen LogP contribution in [0.3, 0.4) is 0 Å². The molecular weight excluding hydrogens is 166 g/mol. The maximum absolute atomic E-state index is 10.5. The van der Waals surface area contributed by atoms with Gasteiger partial charge in [-0.2, -0.15) is 0 Å². The molecule has 4 nitrogen and oxygen atoms in total. The Balaban J connectivity index is 4.34. The highest BCUT2D eigenvalue weighted by Crippen LogP contribution is 2.14. The number of aliphatic carboxylic acids is 1. The fourth-order valence-electron chi connectivity index (χ4n) is 0.584. The minimum atomic E-state index is -1.42. The van der Waals surface area contributed by atoms with E-state index in [1.807, 2.05) is 0 Å². The van der Waals surface area contributed by atoms with Gasteiger partial charge in [0.25, 0.3) is 0 Å². The molecule has 0 bridgehead atoms. The first-order valence-corrected chi connectivity index (χ1v) is 3.61. The molecule has 0 aliphatic rings. The Morgan fingerprint density at radius 1 is 1.64 bits per heavy atom. The van der Waals surface area contributed by atoms with Crippen LogP contribution >= 0.6 is 12.6 Å². The Bertz CT molecular complexity index is 183. The molecule has 1 atom stereocenters. The van der Waals surface area contributed by atoms with Gasteiger partial charge in [0.15, 0.2) is 4.87 Å². The number of carboxylic acids is 1. The molecule has 5 heteroatoms. The Hall–Kier alpha value is -0.710. The highest BCUT2D eigenvalue weighted by molar-refractivity contribution is 7.82. The number of thiol groups is 1. The van der Waals surface area contributed by atoms with Gasteiger partial charge in [0.05, 0.1) is 0 Å². The molecule has 0 aromatic carbocycles. The monoisotopic (exact) mass is 177 g/mol. The smallest absolute Gasteiger partial charge is 0.339 e. The molecule has 0 radical (unpaired) electrons. The molecule has 64 valence electrons. The number of rotatable bonds is 3. The molecule has 0 heterocycles. The van der Waals surface area contributed by atoms with Crippen molar-refractivity contribution < 1.29 is 14.7 Å². The first kappa shape index (κ1) is 10.3. The fourth-order valence-corrected chi connectivity index (χ4v) is 0.742. The van der Waals surface area contributed by atoms with Crippen molar-refractivity contribution >= 4 is 24.5 Å². The van der Waals surface area contributed by atoms with Crippen LogP contribution in [0.1, 0.15) is 20.3 Å². The van der Waals surface area contributed by atoms with Crippen LogP contribution in [0.5, 0.6) is 0 Å². The lowest BCUT2D eigenvalue weighted by atomic mass is 10.2. The molecular formula is C6H11NO3S. The Morgan fingerprint density at radius 2 is 2.09 bits per heavy atom. The molecule has 0 rings (SSSR count). The largest absolute Gasteiger partial charge is 0.479 e. The van der Waals surface area contributed by atoms with Gasteiger partial charge in [0, 0.05) is 6.92 Å². The predicted octanol–water partition coefficient (Wildman–Crippen LogP) is 0.243. The van der Waals surface area contributed by atoms with E-state index >= 15 is 0 Å². The molecule has 0 aromatic heterocycles. The van der Waals surface area contributed by atoms with Gasteiger partial charge in [-0.15, -0.1) is 12.6 Å². The second kappa shape index (κ2) is 3.61. The van der Waals surface area contributed by atoms with Crippen LogP contribution in [0.15, 0.2) is 0 Å². The predicted molar refractivity (Wildman–Crippen MR) is 43.5 cm³/mol. The average molecular weight is 177 g/mol. The summed E-state index contributed by atoms with van der Waals surface area (Å²) < 4.78 is 0. The van der Waals surface area contributed by atoms with Crippen LogP contribution in [0.4, 0.5) is 0 Å². The standard InChI is InChI=1S/C6H11NO3S/c1-3-6(11,5(9)10)7-4(2)8/h11H,3H2,1-2H3,(H,7,8)(H,9,10). The van der Waals surface area contributed by atoms with Crippen LogP contribution in [0.25, 0.3) is 0 Å². The van der Waals surface area contributed by atoms with E-state index in [-0.39, 0.29) is 6.42 Å². The third kappa shape index (κ3) is 2.80. The number of hydrogen-bond acceptors (Lipinski definition) is 3. The van der Waals surface area contributed by atoms with Gasteiger partial charge in [-0.1, -0.05) is 6.92 Å². The van der Waals surface area contributed by atoms with Gasteiger partial charge in [-0.05, 0) is 6.42 Å². The quantitative estimate of drug-likeness (QED) is 0.427. The van der Waals surface area contributed by atoms with Gasteiger partial charge in [-0.25, -0.2) is 4.79 Å². The Labute approximate surface area is 70.4 Å². The lowest BCUT2D eigenvalue weighted by molar-refractivity contribution is -0.143. The summed E-state index contributed by atoms with van der Waals surface area (Å²) in [6.07, 6.45) is 0.241. The van der Waals surface area contributed by atoms with Crippen molar-refractivity contribution in [3.05, 3.63) is 0 Å². The number of hydrogen-bond donors (Lipinski definition) is 3. The normalized spacial score (nSPS) is 15.2. The molecule has 0 aliphatic carbocycles.